The Bertz CT molecular complexity index is 677. The van der Waals surface area contributed by atoms with E-state index >= 15 is 0 Å². The molecule has 2 rings (SSSR count). The van der Waals surface area contributed by atoms with E-state index in [1.165, 1.54) is 6.26 Å². The van der Waals surface area contributed by atoms with Crippen LogP contribution in [0.15, 0.2) is 34.1 Å². The van der Waals surface area contributed by atoms with Crippen molar-refractivity contribution in [2.75, 3.05) is 24.6 Å². The van der Waals surface area contributed by atoms with E-state index in [2.05, 4.69) is 25.4 Å². The maximum atomic E-state index is 6.06. The molecule has 0 atom stereocenters. The van der Waals surface area contributed by atoms with Crippen molar-refractivity contribution in [1.82, 2.24) is 15.1 Å². The minimum Gasteiger partial charge on any atom is -0.396 e. The molecule has 2 heterocycles. The lowest BCUT2D eigenvalue weighted by molar-refractivity contribution is 0.418. The number of nitrogens with zero attached hydrogens (tertiary/aromatic N) is 4. The van der Waals surface area contributed by atoms with Crippen LogP contribution in [-0.4, -0.2) is 34.4 Å². The number of nitrogen functional groups attached to an aromatic ring is 1. The third kappa shape index (κ3) is 3.60. The summed E-state index contributed by atoms with van der Waals surface area (Å²) in [5.74, 6) is 0.668. The highest BCUT2D eigenvalue weighted by atomic mass is 16.5. The first-order valence-electron chi connectivity index (χ1n) is 6.88. The van der Waals surface area contributed by atoms with Crippen molar-refractivity contribution in [2.45, 2.75) is 13.3 Å². The fraction of sp³-hybridized carbons (Fsp3) is 0.286. The Morgan fingerprint density at radius 1 is 1.50 bits per heavy atom. The highest BCUT2D eigenvalue weighted by molar-refractivity contribution is 6.10. The Morgan fingerprint density at radius 2 is 2.32 bits per heavy atom. The van der Waals surface area contributed by atoms with E-state index in [0.717, 1.165) is 6.42 Å². The lowest BCUT2D eigenvalue weighted by Gasteiger charge is -2.06. The number of nitrogens with one attached hydrogen (secondary N) is 1. The molecule has 0 fully saturated rings. The van der Waals surface area contributed by atoms with Gasteiger partial charge in [-0.2, -0.15) is 0 Å². The molecule has 0 aliphatic rings. The molecule has 22 heavy (non-hydrogen) atoms. The average Bonchev–Trinajstić information content (AvgIpc) is 3.05. The van der Waals surface area contributed by atoms with Crippen molar-refractivity contribution in [3.05, 3.63) is 36.1 Å². The zero-order valence-corrected chi connectivity index (χ0v) is 12.6. The molecular weight excluding hydrogens is 282 g/mol. The van der Waals surface area contributed by atoms with Crippen molar-refractivity contribution < 1.29 is 4.52 Å². The standard InChI is InChI=1S/C14H19N7O/c1-3-5-18-11(10-4-6-22-21-10)7-9(15)14-19-8-12(17-2)13(16)20-14/h4,6-8,17H,3,5,15H2,1-2H3,(H2,16,19,20). The Hall–Kier alpha value is -2.90. The SMILES string of the molecule is CCCN=C(C=C(N)c1ncc(NC)c(N)n1)c1ccon1. The molecule has 0 bridgehead atoms. The summed E-state index contributed by atoms with van der Waals surface area (Å²) >= 11 is 0. The summed E-state index contributed by atoms with van der Waals surface area (Å²) in [4.78, 5) is 12.8. The molecule has 0 saturated carbocycles. The summed E-state index contributed by atoms with van der Waals surface area (Å²) in [6.07, 6.45) is 5.64. The normalized spacial score (nSPS) is 12.5. The Morgan fingerprint density at radius 3 is 2.91 bits per heavy atom. The minimum atomic E-state index is 0.331. The van der Waals surface area contributed by atoms with E-state index in [4.69, 9.17) is 16.0 Å². The molecule has 2 aromatic rings. The maximum Gasteiger partial charge on any atom is 0.177 e. The smallest absolute Gasteiger partial charge is 0.177 e. The van der Waals surface area contributed by atoms with Crippen molar-refractivity contribution >= 4 is 22.9 Å². The molecule has 116 valence electrons. The van der Waals surface area contributed by atoms with Crippen LogP contribution in [-0.2, 0) is 0 Å². The predicted octanol–water partition coefficient (Wildman–Crippen LogP) is 1.29. The van der Waals surface area contributed by atoms with Crippen LogP contribution in [0.25, 0.3) is 5.70 Å². The zero-order valence-electron chi connectivity index (χ0n) is 12.6. The second-order valence-corrected chi connectivity index (χ2v) is 4.49. The van der Waals surface area contributed by atoms with Crippen LogP contribution in [0.4, 0.5) is 11.5 Å². The first-order valence-corrected chi connectivity index (χ1v) is 6.88. The summed E-state index contributed by atoms with van der Waals surface area (Å²) in [6, 6.07) is 1.72. The van der Waals surface area contributed by atoms with E-state index < -0.39 is 0 Å². The van der Waals surface area contributed by atoms with Gasteiger partial charge in [0.1, 0.15) is 12.0 Å². The number of aromatic nitrogens is 3. The molecule has 0 amide bonds. The van der Waals surface area contributed by atoms with Gasteiger partial charge in [0.2, 0.25) is 0 Å². The van der Waals surface area contributed by atoms with E-state index in [1.807, 2.05) is 6.92 Å². The van der Waals surface area contributed by atoms with E-state index in [1.54, 1.807) is 25.4 Å². The summed E-state index contributed by atoms with van der Waals surface area (Å²) in [7, 11) is 1.74. The molecule has 8 heteroatoms. The van der Waals surface area contributed by atoms with Gasteiger partial charge < -0.3 is 21.3 Å². The van der Waals surface area contributed by atoms with Gasteiger partial charge in [0.05, 0.1) is 23.3 Å². The van der Waals surface area contributed by atoms with Gasteiger partial charge in [-0.25, -0.2) is 9.97 Å². The van der Waals surface area contributed by atoms with Crippen LogP contribution in [0.5, 0.6) is 0 Å². The van der Waals surface area contributed by atoms with Gasteiger partial charge in [-0.05, 0) is 12.5 Å². The summed E-state index contributed by atoms with van der Waals surface area (Å²) in [6.45, 7) is 2.70. The zero-order chi connectivity index (χ0) is 15.9. The van der Waals surface area contributed by atoms with Crippen molar-refractivity contribution in [1.29, 1.82) is 0 Å². The first-order chi connectivity index (χ1) is 10.7. The Kier molecular flexibility index (Phi) is 5.07. The van der Waals surface area contributed by atoms with Crippen molar-refractivity contribution in [2.24, 2.45) is 10.7 Å². The van der Waals surface area contributed by atoms with Gasteiger partial charge in [0.25, 0.3) is 0 Å². The third-order valence-electron chi connectivity index (χ3n) is 2.84. The quantitative estimate of drug-likeness (QED) is 0.685. The van der Waals surface area contributed by atoms with Gasteiger partial charge >= 0.3 is 0 Å². The van der Waals surface area contributed by atoms with Crippen molar-refractivity contribution in [3.8, 4) is 0 Å². The Labute approximate surface area is 128 Å². The fourth-order valence-electron chi connectivity index (χ4n) is 1.72. The molecule has 5 N–H and O–H groups in total. The molecule has 0 unspecified atom stereocenters. The highest BCUT2D eigenvalue weighted by Crippen LogP contribution is 2.15. The van der Waals surface area contributed by atoms with Crippen LogP contribution in [0, 0.1) is 0 Å². The topological polar surface area (TPSA) is 128 Å². The van der Waals surface area contributed by atoms with E-state index in [-0.39, 0.29) is 0 Å². The van der Waals surface area contributed by atoms with Crippen LogP contribution < -0.4 is 16.8 Å². The minimum absolute atomic E-state index is 0.331. The highest BCUT2D eigenvalue weighted by Gasteiger charge is 2.09. The van der Waals surface area contributed by atoms with Crippen LogP contribution >= 0.6 is 0 Å². The largest absolute Gasteiger partial charge is 0.396 e. The lowest BCUT2D eigenvalue weighted by Crippen LogP contribution is -2.10. The Balaban J connectivity index is 2.34. The monoisotopic (exact) mass is 301 g/mol. The number of anilines is 2. The second kappa shape index (κ2) is 7.21. The van der Waals surface area contributed by atoms with E-state index in [0.29, 0.717) is 41.0 Å². The molecule has 0 aliphatic heterocycles. The number of allylic oxidation sites excluding steroid dienone is 1. The number of aliphatic imine (C=N–C) groups is 1. The van der Waals surface area contributed by atoms with Crippen LogP contribution in [0.2, 0.25) is 0 Å². The van der Waals surface area contributed by atoms with Crippen LogP contribution in [0.3, 0.4) is 0 Å². The molecule has 0 spiro atoms. The summed E-state index contributed by atoms with van der Waals surface area (Å²) < 4.78 is 4.85. The van der Waals surface area contributed by atoms with Gasteiger partial charge in [-0.3, -0.25) is 4.99 Å². The molecule has 0 saturated heterocycles. The fourth-order valence-corrected chi connectivity index (χ4v) is 1.72. The molecule has 0 aromatic carbocycles. The average molecular weight is 301 g/mol. The van der Waals surface area contributed by atoms with Gasteiger partial charge in [-0.1, -0.05) is 12.1 Å². The molecule has 0 radical (unpaired) electrons. The lowest BCUT2D eigenvalue weighted by atomic mass is 10.2. The number of hydrogen-bond donors (Lipinski definition) is 3. The van der Waals surface area contributed by atoms with Gasteiger partial charge in [0, 0.05) is 19.7 Å². The number of nitrogens with two attached hydrogens (primary N) is 2. The molecular formula is C14H19N7O. The number of hydrogen-bond acceptors (Lipinski definition) is 8. The molecule has 0 aliphatic carbocycles. The predicted molar refractivity (Wildman–Crippen MR) is 86.4 cm³/mol. The summed E-state index contributed by atoms with van der Waals surface area (Å²) in [5.41, 5.74) is 14.1. The van der Waals surface area contributed by atoms with Gasteiger partial charge in [-0.15, -0.1) is 0 Å². The molecule has 8 nitrogen and oxygen atoms in total. The summed E-state index contributed by atoms with van der Waals surface area (Å²) in [5, 5.41) is 6.78. The number of rotatable bonds is 6. The third-order valence-corrected chi connectivity index (χ3v) is 2.84. The molecule has 2 aromatic heterocycles. The maximum absolute atomic E-state index is 6.06. The van der Waals surface area contributed by atoms with E-state index in [9.17, 15) is 0 Å². The first kappa shape index (κ1) is 15.5. The second-order valence-electron chi connectivity index (χ2n) is 4.49. The van der Waals surface area contributed by atoms with Gasteiger partial charge in [0.15, 0.2) is 11.6 Å². The van der Waals surface area contributed by atoms with Crippen molar-refractivity contribution in [3.63, 3.8) is 0 Å². The van der Waals surface area contributed by atoms with Crippen LogP contribution in [0.1, 0.15) is 24.9 Å².